The summed E-state index contributed by atoms with van der Waals surface area (Å²) >= 11 is 0. The van der Waals surface area contributed by atoms with E-state index in [0.29, 0.717) is 0 Å². The molecule has 0 aliphatic heterocycles. The van der Waals surface area contributed by atoms with Crippen LogP contribution in [0.4, 0.5) is 0 Å². The zero-order valence-corrected chi connectivity index (χ0v) is 7.69. The number of aliphatic carboxylic acids is 1. The minimum absolute atomic E-state index is 0.222. The lowest BCUT2D eigenvalue weighted by Gasteiger charge is -2.10. The zero-order chi connectivity index (χ0) is 10.6. The average Bonchev–Trinajstić information content (AvgIpc) is 2.65. The first-order valence-corrected chi connectivity index (χ1v) is 4.20. The fourth-order valence-electron chi connectivity index (χ4n) is 0.973. The quantitative estimate of drug-likeness (QED) is 0.752. The molecule has 0 aliphatic rings. The molecule has 0 saturated heterocycles. The van der Waals surface area contributed by atoms with E-state index in [-0.39, 0.29) is 18.1 Å². The van der Waals surface area contributed by atoms with Crippen molar-refractivity contribution in [2.24, 2.45) is 0 Å². The molecule has 1 aromatic heterocycles. The fraction of sp³-hybridized carbons (Fsp3) is 0.333. The van der Waals surface area contributed by atoms with Crippen molar-refractivity contribution in [1.29, 1.82) is 0 Å². The highest BCUT2D eigenvalue weighted by molar-refractivity contribution is 5.83. The predicted molar refractivity (Wildman–Crippen MR) is 47.5 cm³/mol. The summed E-state index contributed by atoms with van der Waals surface area (Å²) in [5.41, 5.74) is 0. The Kier molecular flexibility index (Phi) is 3.28. The number of nitrogens with one attached hydrogen (secondary N) is 1. The van der Waals surface area contributed by atoms with E-state index < -0.39 is 12.0 Å². The van der Waals surface area contributed by atoms with Crippen molar-refractivity contribution in [2.45, 2.75) is 19.4 Å². The summed E-state index contributed by atoms with van der Waals surface area (Å²) in [6.45, 7) is 1.65. The lowest BCUT2D eigenvalue weighted by Crippen LogP contribution is -2.32. The van der Waals surface area contributed by atoms with Crippen molar-refractivity contribution in [3.8, 4) is 0 Å². The van der Waals surface area contributed by atoms with Gasteiger partial charge >= 0.3 is 5.97 Å². The van der Waals surface area contributed by atoms with Crippen LogP contribution < -0.4 is 5.32 Å². The van der Waals surface area contributed by atoms with Gasteiger partial charge in [-0.2, -0.15) is 0 Å². The molecule has 0 spiro atoms. The third kappa shape index (κ3) is 2.35. The first-order chi connectivity index (χ1) is 6.65. The van der Waals surface area contributed by atoms with Crippen molar-refractivity contribution >= 4 is 11.9 Å². The Morgan fingerprint density at radius 1 is 1.64 bits per heavy atom. The van der Waals surface area contributed by atoms with Crippen molar-refractivity contribution in [3.05, 3.63) is 24.2 Å². The van der Waals surface area contributed by atoms with Gasteiger partial charge in [-0.1, -0.05) is 6.92 Å². The molecule has 0 aromatic carbocycles. The van der Waals surface area contributed by atoms with Gasteiger partial charge in [0.05, 0.1) is 6.26 Å². The molecule has 0 aliphatic carbocycles. The third-order valence-electron chi connectivity index (χ3n) is 1.70. The number of hydrogen-bond acceptors (Lipinski definition) is 3. The largest absolute Gasteiger partial charge is 0.479 e. The smallest absolute Gasteiger partial charge is 0.334 e. The molecule has 2 N–H and O–H groups in total. The molecule has 0 saturated carbocycles. The second-order valence-electron chi connectivity index (χ2n) is 2.71. The Bertz CT molecular complexity index is 318. The molecular formula is C9H11NO4. The molecule has 0 fully saturated rings. The standard InChI is InChI=1S/C9H11NO4/c1-2-7(11)10-8(9(12)13)6-4-3-5-14-6/h3-5,8H,2H2,1H3,(H,10,11)(H,12,13). The van der Waals surface area contributed by atoms with Gasteiger partial charge in [-0.15, -0.1) is 0 Å². The van der Waals surface area contributed by atoms with Crippen LogP contribution in [0.2, 0.25) is 0 Å². The van der Waals surface area contributed by atoms with E-state index in [1.165, 1.54) is 12.3 Å². The van der Waals surface area contributed by atoms with Crippen molar-refractivity contribution in [3.63, 3.8) is 0 Å². The lowest BCUT2D eigenvalue weighted by atomic mass is 10.2. The van der Waals surface area contributed by atoms with Gasteiger partial charge in [-0.05, 0) is 12.1 Å². The molecule has 5 heteroatoms. The molecule has 0 radical (unpaired) electrons. The van der Waals surface area contributed by atoms with E-state index >= 15 is 0 Å². The van der Waals surface area contributed by atoms with E-state index in [4.69, 9.17) is 9.52 Å². The third-order valence-corrected chi connectivity index (χ3v) is 1.70. The Morgan fingerprint density at radius 2 is 2.36 bits per heavy atom. The summed E-state index contributed by atoms with van der Waals surface area (Å²) in [6.07, 6.45) is 1.61. The number of carboxylic acids is 1. The molecule has 5 nitrogen and oxygen atoms in total. The minimum atomic E-state index is -1.14. The number of carbonyl (C=O) groups is 2. The van der Waals surface area contributed by atoms with Gasteiger partial charge in [0.15, 0.2) is 6.04 Å². The molecule has 14 heavy (non-hydrogen) atoms. The highest BCUT2D eigenvalue weighted by atomic mass is 16.4. The molecule has 1 heterocycles. The van der Waals surface area contributed by atoms with Gasteiger partial charge in [0.2, 0.25) is 5.91 Å². The maximum absolute atomic E-state index is 11.0. The van der Waals surface area contributed by atoms with Gasteiger partial charge in [-0.3, -0.25) is 4.79 Å². The van der Waals surface area contributed by atoms with Crippen LogP contribution in [0.15, 0.2) is 22.8 Å². The first kappa shape index (κ1) is 10.3. The van der Waals surface area contributed by atoms with Crippen molar-refractivity contribution < 1.29 is 19.1 Å². The Morgan fingerprint density at radius 3 is 2.79 bits per heavy atom. The van der Waals surface area contributed by atoms with Crippen molar-refractivity contribution in [1.82, 2.24) is 5.32 Å². The highest BCUT2D eigenvalue weighted by Crippen LogP contribution is 2.13. The number of carbonyl (C=O) groups excluding carboxylic acids is 1. The maximum Gasteiger partial charge on any atom is 0.334 e. The molecule has 1 unspecified atom stereocenters. The Balaban J connectivity index is 2.76. The Labute approximate surface area is 80.7 Å². The van der Waals surface area contributed by atoms with Crippen LogP contribution >= 0.6 is 0 Å². The van der Waals surface area contributed by atoms with E-state index in [1.807, 2.05) is 0 Å². The van der Waals surface area contributed by atoms with E-state index in [2.05, 4.69) is 5.32 Å². The Hall–Kier alpha value is -1.78. The second-order valence-corrected chi connectivity index (χ2v) is 2.71. The van der Waals surface area contributed by atoms with Gasteiger partial charge in [0.25, 0.3) is 0 Å². The summed E-state index contributed by atoms with van der Waals surface area (Å²) in [5.74, 6) is -1.24. The van der Waals surface area contributed by atoms with Gasteiger partial charge < -0.3 is 14.8 Å². The molecular weight excluding hydrogens is 186 g/mol. The summed E-state index contributed by atoms with van der Waals surface area (Å²) in [4.78, 5) is 21.8. The zero-order valence-electron chi connectivity index (χ0n) is 7.69. The number of furan rings is 1. The molecule has 1 rings (SSSR count). The van der Waals surface area contributed by atoms with Crippen LogP contribution in [0.5, 0.6) is 0 Å². The maximum atomic E-state index is 11.0. The van der Waals surface area contributed by atoms with Crippen LogP contribution in [-0.2, 0) is 9.59 Å². The highest BCUT2D eigenvalue weighted by Gasteiger charge is 2.23. The van der Waals surface area contributed by atoms with Crippen LogP contribution in [0, 0.1) is 0 Å². The van der Waals surface area contributed by atoms with Crippen molar-refractivity contribution in [2.75, 3.05) is 0 Å². The summed E-state index contributed by atoms with van der Waals surface area (Å²) in [7, 11) is 0. The van der Waals surface area contributed by atoms with E-state index in [0.717, 1.165) is 0 Å². The SMILES string of the molecule is CCC(=O)NC(C(=O)O)c1ccco1. The number of amides is 1. The molecule has 1 amide bonds. The van der Waals surface area contributed by atoms with Crippen LogP contribution in [0.25, 0.3) is 0 Å². The fourth-order valence-corrected chi connectivity index (χ4v) is 0.973. The normalized spacial score (nSPS) is 12.1. The van der Waals surface area contributed by atoms with E-state index in [1.54, 1.807) is 13.0 Å². The van der Waals surface area contributed by atoms with Crippen LogP contribution in [0.1, 0.15) is 25.1 Å². The van der Waals surface area contributed by atoms with E-state index in [9.17, 15) is 9.59 Å². The topological polar surface area (TPSA) is 79.5 Å². The average molecular weight is 197 g/mol. The first-order valence-electron chi connectivity index (χ1n) is 4.20. The molecule has 1 aromatic rings. The van der Waals surface area contributed by atoms with Crippen LogP contribution in [0.3, 0.4) is 0 Å². The number of carboxylic acid groups (broad SMARTS) is 1. The molecule has 0 bridgehead atoms. The monoisotopic (exact) mass is 197 g/mol. The van der Waals surface area contributed by atoms with Gasteiger partial charge in [-0.25, -0.2) is 4.79 Å². The summed E-state index contributed by atoms with van der Waals surface area (Å²) in [6, 6.07) is 1.98. The lowest BCUT2D eigenvalue weighted by molar-refractivity contribution is -0.142. The predicted octanol–water partition coefficient (Wildman–Crippen LogP) is 0.931. The van der Waals surface area contributed by atoms with Crippen LogP contribution in [-0.4, -0.2) is 17.0 Å². The van der Waals surface area contributed by atoms with Gasteiger partial charge in [0, 0.05) is 6.42 Å². The number of rotatable bonds is 4. The summed E-state index contributed by atoms with van der Waals surface area (Å²) in [5, 5.41) is 11.2. The summed E-state index contributed by atoms with van der Waals surface area (Å²) < 4.78 is 4.91. The molecule has 1 atom stereocenters. The second kappa shape index (κ2) is 4.45. The molecule has 76 valence electrons. The van der Waals surface area contributed by atoms with Gasteiger partial charge in [0.1, 0.15) is 5.76 Å². The number of hydrogen-bond donors (Lipinski definition) is 2. The minimum Gasteiger partial charge on any atom is -0.479 e.